The molecule has 284 valence electrons. The summed E-state index contributed by atoms with van der Waals surface area (Å²) in [7, 11) is 0. The topological polar surface area (TPSA) is 227 Å². The Morgan fingerprint density at radius 2 is 1.00 bits per heavy atom. The molecule has 18 nitrogen and oxygen atoms in total. The standard InChI is InChI=1S/C32H53N5O13/c1-30(2,3)50-29(43)37-16-11-23(41)35-14-9-21(39)33-13-8-20(38)34-15-10-22(40)36-17-12-24(42)44-18-19-25-26(47-31(4,5)46-25)27-28(45-19)49-32(6,7)48-27/h19,25-28H,8-18H2,1-7H3,(H,33,39)(H,34,38)(H,35,41)(H,36,40)(H,37,43)/t19-,25+,26+,27-,28-/m1/s1. The average molecular weight is 716 g/mol. The van der Waals surface area contributed by atoms with Crippen LogP contribution in [0, 0.1) is 0 Å². The second kappa shape index (κ2) is 18.1. The summed E-state index contributed by atoms with van der Waals surface area (Å²) in [5, 5.41) is 12.8. The highest BCUT2D eigenvalue weighted by molar-refractivity contribution is 5.81. The van der Waals surface area contributed by atoms with E-state index in [9.17, 15) is 28.8 Å². The molecule has 0 aromatic heterocycles. The van der Waals surface area contributed by atoms with E-state index in [4.69, 9.17) is 33.2 Å². The van der Waals surface area contributed by atoms with Crippen molar-refractivity contribution in [1.82, 2.24) is 26.6 Å². The summed E-state index contributed by atoms with van der Waals surface area (Å²) in [5.74, 6) is -3.69. The van der Waals surface area contributed by atoms with Gasteiger partial charge in [0.1, 0.15) is 36.6 Å². The highest BCUT2D eigenvalue weighted by Crippen LogP contribution is 2.44. The molecule has 0 spiro atoms. The van der Waals surface area contributed by atoms with E-state index in [1.54, 1.807) is 48.5 Å². The molecule has 0 saturated carbocycles. The molecule has 0 aliphatic carbocycles. The Morgan fingerprint density at radius 1 is 0.580 bits per heavy atom. The Hall–Kier alpha value is -3.58. The molecule has 3 heterocycles. The van der Waals surface area contributed by atoms with Crippen molar-refractivity contribution in [3.8, 4) is 0 Å². The summed E-state index contributed by atoms with van der Waals surface area (Å²) in [4.78, 5) is 71.9. The molecule has 3 aliphatic rings. The van der Waals surface area contributed by atoms with Crippen molar-refractivity contribution in [3.63, 3.8) is 0 Å². The number of fused-ring (bicyclic) bond motifs is 3. The Labute approximate surface area is 292 Å². The summed E-state index contributed by atoms with van der Waals surface area (Å²) in [6.45, 7) is 12.6. The van der Waals surface area contributed by atoms with Crippen LogP contribution in [-0.2, 0) is 57.1 Å². The largest absolute Gasteiger partial charge is 0.463 e. The zero-order valence-electron chi connectivity index (χ0n) is 30.0. The van der Waals surface area contributed by atoms with Gasteiger partial charge < -0.3 is 59.7 Å². The number of hydrogen-bond donors (Lipinski definition) is 5. The van der Waals surface area contributed by atoms with Crippen LogP contribution in [0.1, 0.15) is 80.6 Å². The SMILES string of the molecule is CC(C)(C)OC(=O)NCCC(=O)NCCC(=O)NCCC(=O)NCCC(=O)NCCC(=O)OC[C@H]1O[C@@H]2OC(C)(C)O[C@@H]2[C@H]2OC(C)(C)O[C@H]21. The minimum atomic E-state index is -0.875. The van der Waals surface area contributed by atoms with Crippen molar-refractivity contribution < 1.29 is 61.9 Å². The molecule has 5 N–H and O–H groups in total. The smallest absolute Gasteiger partial charge is 0.407 e. The number of esters is 1. The number of carbonyl (C=O) groups excluding carboxylic acids is 6. The molecule has 0 aromatic rings. The van der Waals surface area contributed by atoms with Crippen molar-refractivity contribution in [2.45, 2.75) is 128 Å². The van der Waals surface area contributed by atoms with E-state index in [-0.39, 0.29) is 95.1 Å². The Morgan fingerprint density at radius 3 is 1.50 bits per heavy atom. The van der Waals surface area contributed by atoms with Crippen molar-refractivity contribution in [2.24, 2.45) is 0 Å². The van der Waals surface area contributed by atoms with E-state index >= 15 is 0 Å². The fourth-order valence-corrected chi connectivity index (χ4v) is 5.27. The third-order valence-electron chi connectivity index (χ3n) is 7.35. The summed E-state index contributed by atoms with van der Waals surface area (Å²) in [5.41, 5.74) is -0.637. The van der Waals surface area contributed by atoms with Gasteiger partial charge in [0.2, 0.25) is 23.6 Å². The maximum atomic E-state index is 12.4. The van der Waals surface area contributed by atoms with Gasteiger partial charge in [0.25, 0.3) is 0 Å². The molecule has 5 amide bonds. The second-order valence-corrected chi connectivity index (χ2v) is 14.0. The molecule has 0 radical (unpaired) electrons. The first-order valence-corrected chi connectivity index (χ1v) is 16.9. The monoisotopic (exact) mass is 715 g/mol. The van der Waals surface area contributed by atoms with Crippen LogP contribution in [0.15, 0.2) is 0 Å². The van der Waals surface area contributed by atoms with Gasteiger partial charge in [-0.25, -0.2) is 4.79 Å². The number of amides is 5. The molecule has 5 atom stereocenters. The number of hydrogen-bond acceptors (Lipinski definition) is 13. The molecule has 18 heteroatoms. The molecule has 3 fully saturated rings. The van der Waals surface area contributed by atoms with Crippen LogP contribution < -0.4 is 26.6 Å². The first-order chi connectivity index (χ1) is 23.3. The lowest BCUT2D eigenvalue weighted by molar-refractivity contribution is -0.242. The van der Waals surface area contributed by atoms with Gasteiger partial charge in [0, 0.05) is 58.4 Å². The predicted molar refractivity (Wildman–Crippen MR) is 173 cm³/mol. The van der Waals surface area contributed by atoms with Gasteiger partial charge in [-0.2, -0.15) is 0 Å². The van der Waals surface area contributed by atoms with E-state index < -0.39 is 59.9 Å². The van der Waals surface area contributed by atoms with Crippen LogP contribution in [0.2, 0.25) is 0 Å². The predicted octanol–water partition coefficient (Wildman–Crippen LogP) is -0.134. The van der Waals surface area contributed by atoms with Gasteiger partial charge in [0.15, 0.2) is 17.9 Å². The molecule has 0 aromatic carbocycles. The maximum Gasteiger partial charge on any atom is 0.407 e. The third-order valence-corrected chi connectivity index (χ3v) is 7.35. The summed E-state index contributed by atoms with van der Waals surface area (Å²) < 4.78 is 40.4. The van der Waals surface area contributed by atoms with E-state index in [0.29, 0.717) is 0 Å². The number of rotatable bonds is 17. The van der Waals surface area contributed by atoms with Crippen molar-refractivity contribution in [3.05, 3.63) is 0 Å². The Bertz CT molecular complexity index is 1220. The second-order valence-electron chi connectivity index (χ2n) is 14.0. The fraction of sp³-hybridized carbons (Fsp3) is 0.812. The first kappa shape index (κ1) is 40.8. The van der Waals surface area contributed by atoms with Crippen molar-refractivity contribution in [1.29, 1.82) is 0 Å². The number of nitrogens with one attached hydrogen (secondary N) is 5. The minimum absolute atomic E-state index is 0.00117. The van der Waals surface area contributed by atoms with E-state index in [0.717, 1.165) is 0 Å². The summed E-state index contributed by atoms with van der Waals surface area (Å²) in [6.07, 6.45) is -3.49. The highest BCUT2D eigenvalue weighted by atomic mass is 16.9. The fourth-order valence-electron chi connectivity index (χ4n) is 5.27. The van der Waals surface area contributed by atoms with Crippen LogP contribution in [0.5, 0.6) is 0 Å². The molecule has 50 heavy (non-hydrogen) atoms. The highest BCUT2D eigenvalue weighted by Gasteiger charge is 2.60. The lowest BCUT2D eigenvalue weighted by Crippen LogP contribution is -2.56. The maximum absolute atomic E-state index is 12.4. The summed E-state index contributed by atoms with van der Waals surface area (Å²) >= 11 is 0. The van der Waals surface area contributed by atoms with Crippen LogP contribution in [-0.4, -0.2) is 123 Å². The molecule has 3 rings (SSSR count). The molecule has 3 saturated heterocycles. The Balaban J connectivity index is 1.18. The molecule has 3 aliphatic heterocycles. The number of alkyl carbamates (subject to hydrolysis) is 1. The van der Waals surface area contributed by atoms with Crippen LogP contribution in [0.3, 0.4) is 0 Å². The zero-order valence-corrected chi connectivity index (χ0v) is 30.0. The average Bonchev–Trinajstić information content (AvgIpc) is 3.48. The van der Waals surface area contributed by atoms with E-state index in [2.05, 4.69) is 26.6 Å². The van der Waals surface area contributed by atoms with Crippen LogP contribution in [0.25, 0.3) is 0 Å². The Kier molecular flexibility index (Phi) is 14.8. The number of ether oxygens (including phenoxy) is 7. The zero-order chi connectivity index (χ0) is 37.1. The van der Waals surface area contributed by atoms with Gasteiger partial charge in [-0.15, -0.1) is 0 Å². The van der Waals surface area contributed by atoms with Crippen molar-refractivity contribution >= 4 is 35.7 Å². The van der Waals surface area contributed by atoms with Crippen molar-refractivity contribution in [2.75, 3.05) is 39.3 Å². The third kappa shape index (κ3) is 14.3. The summed E-state index contributed by atoms with van der Waals surface area (Å²) in [6, 6.07) is 0. The van der Waals surface area contributed by atoms with Crippen LogP contribution >= 0.6 is 0 Å². The van der Waals surface area contributed by atoms with Gasteiger partial charge in [0.05, 0.1) is 6.42 Å². The number of carbonyl (C=O) groups is 6. The molecule has 0 bridgehead atoms. The molecule has 0 unspecified atom stereocenters. The lowest BCUT2D eigenvalue weighted by atomic mass is 9.99. The molecular formula is C32H53N5O13. The molecular weight excluding hydrogens is 662 g/mol. The van der Waals surface area contributed by atoms with Crippen LogP contribution in [0.4, 0.5) is 4.79 Å². The van der Waals surface area contributed by atoms with E-state index in [1.165, 1.54) is 0 Å². The first-order valence-electron chi connectivity index (χ1n) is 16.9. The van der Waals surface area contributed by atoms with Gasteiger partial charge in [-0.3, -0.25) is 24.0 Å². The van der Waals surface area contributed by atoms with Gasteiger partial charge in [-0.05, 0) is 48.5 Å². The van der Waals surface area contributed by atoms with E-state index in [1.807, 2.05) is 0 Å². The van der Waals surface area contributed by atoms with Gasteiger partial charge in [-0.1, -0.05) is 0 Å². The quantitative estimate of drug-likeness (QED) is 0.124. The van der Waals surface area contributed by atoms with Gasteiger partial charge >= 0.3 is 12.1 Å². The lowest BCUT2D eigenvalue weighted by Gasteiger charge is -2.36. The normalized spacial score (nSPS) is 24.6. The minimum Gasteiger partial charge on any atom is -0.463 e.